The second-order valence-electron chi connectivity index (χ2n) is 4.87. The molecule has 0 saturated carbocycles. The predicted molar refractivity (Wildman–Crippen MR) is 69.9 cm³/mol. The minimum absolute atomic E-state index is 0.734. The summed E-state index contributed by atoms with van der Waals surface area (Å²) in [6.07, 6.45) is 11.3. The van der Waals surface area contributed by atoms with Crippen LogP contribution in [0.15, 0.2) is 12.7 Å². The van der Waals surface area contributed by atoms with Gasteiger partial charge in [0.15, 0.2) is 0 Å². The molecule has 0 aliphatic carbocycles. The van der Waals surface area contributed by atoms with Gasteiger partial charge < -0.3 is 5.73 Å². The molecule has 1 heteroatoms. The largest absolute Gasteiger partial charge is 0.330 e. The van der Waals surface area contributed by atoms with Gasteiger partial charge in [-0.3, -0.25) is 0 Å². The number of hydrogen-bond acceptors (Lipinski definition) is 1. The summed E-state index contributed by atoms with van der Waals surface area (Å²) in [5, 5.41) is 0. The van der Waals surface area contributed by atoms with Gasteiger partial charge >= 0.3 is 0 Å². The molecule has 2 N–H and O–H groups in total. The third-order valence-electron chi connectivity index (χ3n) is 3.23. The normalized spacial score (nSPS) is 13.1. The molecule has 0 aliphatic rings. The summed E-state index contributed by atoms with van der Waals surface area (Å²) in [7, 11) is 0. The van der Waals surface area contributed by atoms with Gasteiger partial charge in [0.2, 0.25) is 0 Å². The number of hydrogen-bond donors (Lipinski definition) is 1. The molecule has 0 rings (SSSR count). The third-order valence-corrected chi connectivity index (χ3v) is 3.23. The molecule has 0 aromatic carbocycles. The van der Waals surface area contributed by atoms with E-state index in [1.54, 1.807) is 0 Å². The SMILES string of the molecule is C=CCCCCCCCC(CN)C(C)C. The van der Waals surface area contributed by atoms with Gasteiger partial charge in [0.05, 0.1) is 0 Å². The monoisotopic (exact) mass is 211 g/mol. The van der Waals surface area contributed by atoms with Crippen molar-refractivity contribution in [2.45, 2.75) is 58.8 Å². The van der Waals surface area contributed by atoms with Gasteiger partial charge in [-0.2, -0.15) is 0 Å². The predicted octanol–water partition coefficient (Wildman–Crippen LogP) is 4.13. The average molecular weight is 211 g/mol. The van der Waals surface area contributed by atoms with Crippen LogP contribution in [0.5, 0.6) is 0 Å². The Kier molecular flexibility index (Phi) is 10.0. The van der Waals surface area contributed by atoms with E-state index in [9.17, 15) is 0 Å². The minimum atomic E-state index is 0.734. The summed E-state index contributed by atoms with van der Waals surface area (Å²) in [6.45, 7) is 9.15. The van der Waals surface area contributed by atoms with Crippen LogP contribution in [0.4, 0.5) is 0 Å². The summed E-state index contributed by atoms with van der Waals surface area (Å²) >= 11 is 0. The Morgan fingerprint density at radius 3 is 2.20 bits per heavy atom. The summed E-state index contributed by atoms with van der Waals surface area (Å²) in [4.78, 5) is 0. The van der Waals surface area contributed by atoms with Crippen LogP contribution >= 0.6 is 0 Å². The van der Waals surface area contributed by atoms with Crippen LogP contribution in [0.25, 0.3) is 0 Å². The van der Waals surface area contributed by atoms with E-state index in [1.807, 2.05) is 6.08 Å². The lowest BCUT2D eigenvalue weighted by Crippen LogP contribution is -2.19. The van der Waals surface area contributed by atoms with E-state index in [1.165, 1.54) is 44.9 Å². The summed E-state index contributed by atoms with van der Waals surface area (Å²) in [6, 6.07) is 0. The first-order chi connectivity index (χ1) is 7.22. The standard InChI is InChI=1S/C14H29N/c1-4-5-6-7-8-9-10-11-14(12-15)13(2)3/h4,13-14H,1,5-12,15H2,2-3H3. The van der Waals surface area contributed by atoms with Crippen LogP contribution in [0, 0.1) is 11.8 Å². The molecule has 0 heterocycles. The maximum absolute atomic E-state index is 5.74. The third kappa shape index (κ3) is 8.68. The van der Waals surface area contributed by atoms with Crippen molar-refractivity contribution >= 4 is 0 Å². The lowest BCUT2D eigenvalue weighted by Gasteiger charge is -2.18. The quantitative estimate of drug-likeness (QED) is 0.426. The molecule has 1 nitrogen and oxygen atoms in total. The topological polar surface area (TPSA) is 26.0 Å². The molecule has 0 aromatic heterocycles. The summed E-state index contributed by atoms with van der Waals surface area (Å²) in [5.41, 5.74) is 5.74. The second kappa shape index (κ2) is 10.2. The number of rotatable bonds is 10. The fraction of sp³-hybridized carbons (Fsp3) is 0.857. The molecule has 0 amide bonds. The first-order valence-corrected chi connectivity index (χ1v) is 6.53. The van der Waals surface area contributed by atoms with Crippen LogP contribution in [0.1, 0.15) is 58.8 Å². The number of nitrogens with two attached hydrogens (primary N) is 1. The van der Waals surface area contributed by atoms with E-state index in [-0.39, 0.29) is 0 Å². The maximum Gasteiger partial charge on any atom is -0.00464 e. The Morgan fingerprint density at radius 2 is 1.67 bits per heavy atom. The molecular weight excluding hydrogens is 182 g/mol. The first kappa shape index (κ1) is 14.7. The minimum Gasteiger partial charge on any atom is -0.330 e. The zero-order valence-electron chi connectivity index (χ0n) is 10.7. The van der Waals surface area contributed by atoms with Crippen LogP contribution in [0.3, 0.4) is 0 Å². The van der Waals surface area contributed by atoms with Crippen LogP contribution in [-0.4, -0.2) is 6.54 Å². The van der Waals surface area contributed by atoms with Crippen LogP contribution in [-0.2, 0) is 0 Å². The lowest BCUT2D eigenvalue weighted by atomic mass is 9.90. The van der Waals surface area contributed by atoms with Crippen molar-refractivity contribution in [2.24, 2.45) is 17.6 Å². The van der Waals surface area contributed by atoms with E-state index >= 15 is 0 Å². The van der Waals surface area contributed by atoms with Crippen LogP contribution < -0.4 is 5.73 Å². The summed E-state index contributed by atoms with van der Waals surface area (Å²) in [5.74, 6) is 1.48. The Labute approximate surface area is 96.1 Å². The van der Waals surface area contributed by atoms with Crippen molar-refractivity contribution < 1.29 is 0 Å². The average Bonchev–Trinajstić information content (AvgIpc) is 2.21. The van der Waals surface area contributed by atoms with Crippen molar-refractivity contribution in [3.05, 3.63) is 12.7 Å². The Balaban J connectivity index is 3.25. The fourth-order valence-electron chi connectivity index (χ4n) is 1.95. The van der Waals surface area contributed by atoms with Crippen molar-refractivity contribution in [3.63, 3.8) is 0 Å². The van der Waals surface area contributed by atoms with Gasteiger partial charge in [-0.15, -0.1) is 6.58 Å². The lowest BCUT2D eigenvalue weighted by molar-refractivity contribution is 0.353. The molecule has 90 valence electrons. The van der Waals surface area contributed by atoms with Gasteiger partial charge in [0, 0.05) is 0 Å². The molecule has 0 fully saturated rings. The number of unbranched alkanes of at least 4 members (excludes halogenated alkanes) is 5. The second-order valence-corrected chi connectivity index (χ2v) is 4.87. The van der Waals surface area contributed by atoms with Gasteiger partial charge in [0.1, 0.15) is 0 Å². The number of allylic oxidation sites excluding steroid dienone is 1. The van der Waals surface area contributed by atoms with Gasteiger partial charge in [-0.25, -0.2) is 0 Å². The molecular formula is C14H29N. The maximum atomic E-state index is 5.74. The van der Waals surface area contributed by atoms with E-state index in [0.717, 1.165) is 18.4 Å². The highest BCUT2D eigenvalue weighted by Gasteiger charge is 2.10. The van der Waals surface area contributed by atoms with Crippen molar-refractivity contribution in [3.8, 4) is 0 Å². The van der Waals surface area contributed by atoms with Gasteiger partial charge in [-0.1, -0.05) is 45.6 Å². The van der Waals surface area contributed by atoms with E-state index in [2.05, 4.69) is 20.4 Å². The molecule has 0 saturated heterocycles. The molecule has 1 atom stereocenters. The Morgan fingerprint density at radius 1 is 1.07 bits per heavy atom. The molecule has 1 unspecified atom stereocenters. The van der Waals surface area contributed by atoms with Crippen molar-refractivity contribution in [1.29, 1.82) is 0 Å². The van der Waals surface area contributed by atoms with E-state index < -0.39 is 0 Å². The zero-order chi connectivity index (χ0) is 11.5. The Hall–Kier alpha value is -0.300. The molecule has 0 aliphatic heterocycles. The molecule has 0 bridgehead atoms. The smallest absolute Gasteiger partial charge is 0.00464 e. The molecule has 15 heavy (non-hydrogen) atoms. The van der Waals surface area contributed by atoms with E-state index in [4.69, 9.17) is 5.73 Å². The highest BCUT2D eigenvalue weighted by atomic mass is 14.5. The van der Waals surface area contributed by atoms with E-state index in [0.29, 0.717) is 0 Å². The fourth-order valence-corrected chi connectivity index (χ4v) is 1.95. The van der Waals surface area contributed by atoms with Gasteiger partial charge in [-0.05, 0) is 37.6 Å². The molecule has 0 aromatic rings. The Bertz CT molecular complexity index is 140. The van der Waals surface area contributed by atoms with Crippen molar-refractivity contribution in [1.82, 2.24) is 0 Å². The van der Waals surface area contributed by atoms with Crippen LogP contribution in [0.2, 0.25) is 0 Å². The highest BCUT2D eigenvalue weighted by molar-refractivity contribution is 4.66. The summed E-state index contributed by atoms with van der Waals surface area (Å²) < 4.78 is 0. The van der Waals surface area contributed by atoms with Crippen molar-refractivity contribution in [2.75, 3.05) is 6.54 Å². The highest BCUT2D eigenvalue weighted by Crippen LogP contribution is 2.18. The zero-order valence-corrected chi connectivity index (χ0v) is 10.7. The van der Waals surface area contributed by atoms with Gasteiger partial charge in [0.25, 0.3) is 0 Å². The first-order valence-electron chi connectivity index (χ1n) is 6.53. The molecule has 0 spiro atoms. The molecule has 0 radical (unpaired) electrons.